The van der Waals surface area contributed by atoms with E-state index < -0.39 is 0 Å². The van der Waals surface area contributed by atoms with Crippen molar-refractivity contribution in [1.29, 1.82) is 0 Å². The fraction of sp³-hybridized carbons (Fsp3) is 0.619. The van der Waals surface area contributed by atoms with Gasteiger partial charge >= 0.3 is 0 Å². The number of halogens is 1. The average Bonchev–Trinajstić information content (AvgIpc) is 2.63. The topological polar surface area (TPSA) is 18.5 Å². The van der Waals surface area contributed by atoms with E-state index in [1.807, 2.05) is 18.2 Å². The lowest BCUT2D eigenvalue weighted by Gasteiger charge is -2.37. The first-order valence-electron chi connectivity index (χ1n) is 9.36. The van der Waals surface area contributed by atoms with E-state index in [1.165, 1.54) is 44.1 Å². The molecule has 24 heavy (non-hydrogen) atoms. The SMILES string of the molecule is C=CCCCC1COC(C2CCC(c3ccc(Cl)cc3)CC2)OC1. The summed E-state index contributed by atoms with van der Waals surface area (Å²) in [5.74, 6) is 1.78. The summed E-state index contributed by atoms with van der Waals surface area (Å²) in [5, 5.41) is 0.819. The quantitative estimate of drug-likeness (QED) is 0.466. The maximum Gasteiger partial charge on any atom is 0.160 e. The van der Waals surface area contributed by atoms with Crippen molar-refractivity contribution < 1.29 is 9.47 Å². The summed E-state index contributed by atoms with van der Waals surface area (Å²) < 4.78 is 12.1. The highest BCUT2D eigenvalue weighted by atomic mass is 35.5. The van der Waals surface area contributed by atoms with Gasteiger partial charge in [0.05, 0.1) is 13.2 Å². The van der Waals surface area contributed by atoms with Gasteiger partial charge in [-0.2, -0.15) is 0 Å². The number of allylic oxidation sites excluding steroid dienone is 1. The summed E-state index contributed by atoms with van der Waals surface area (Å²) >= 11 is 5.99. The smallest absolute Gasteiger partial charge is 0.160 e. The van der Waals surface area contributed by atoms with E-state index in [4.69, 9.17) is 21.1 Å². The van der Waals surface area contributed by atoms with Crippen LogP contribution in [0.4, 0.5) is 0 Å². The zero-order valence-corrected chi connectivity index (χ0v) is 15.2. The lowest BCUT2D eigenvalue weighted by molar-refractivity contribution is -0.229. The highest BCUT2D eigenvalue weighted by Gasteiger charge is 2.32. The third-order valence-electron chi connectivity index (χ3n) is 5.51. The van der Waals surface area contributed by atoms with Crippen molar-refractivity contribution in [1.82, 2.24) is 0 Å². The Hall–Kier alpha value is -0.830. The number of benzene rings is 1. The summed E-state index contributed by atoms with van der Waals surface area (Å²) in [6.07, 6.45) is 10.3. The van der Waals surface area contributed by atoms with E-state index in [0.717, 1.165) is 24.7 Å². The second-order valence-corrected chi connectivity index (χ2v) is 7.72. The van der Waals surface area contributed by atoms with Crippen molar-refractivity contribution in [3.05, 3.63) is 47.5 Å². The summed E-state index contributed by atoms with van der Waals surface area (Å²) in [4.78, 5) is 0. The van der Waals surface area contributed by atoms with E-state index in [-0.39, 0.29) is 6.29 Å². The Labute approximate surface area is 151 Å². The lowest BCUT2D eigenvalue weighted by Crippen LogP contribution is -2.38. The van der Waals surface area contributed by atoms with Gasteiger partial charge in [-0.15, -0.1) is 6.58 Å². The molecule has 1 saturated carbocycles. The fourth-order valence-electron chi connectivity index (χ4n) is 4.01. The van der Waals surface area contributed by atoms with Gasteiger partial charge in [0, 0.05) is 16.9 Å². The number of unbranched alkanes of at least 4 members (excludes halogenated alkanes) is 1. The van der Waals surface area contributed by atoms with Crippen LogP contribution in [0, 0.1) is 11.8 Å². The van der Waals surface area contributed by atoms with Gasteiger partial charge < -0.3 is 9.47 Å². The first-order chi connectivity index (χ1) is 11.8. The Morgan fingerprint density at radius 1 is 1.04 bits per heavy atom. The first kappa shape index (κ1) is 18.0. The molecular formula is C21H29ClO2. The van der Waals surface area contributed by atoms with Crippen molar-refractivity contribution in [2.24, 2.45) is 11.8 Å². The molecule has 0 radical (unpaired) electrons. The van der Waals surface area contributed by atoms with Crippen LogP contribution >= 0.6 is 11.6 Å². The zero-order chi connectivity index (χ0) is 16.8. The normalized spacial score (nSPS) is 30.9. The summed E-state index contributed by atoms with van der Waals surface area (Å²) in [6.45, 7) is 5.50. The van der Waals surface area contributed by atoms with E-state index in [2.05, 4.69) is 18.7 Å². The molecule has 0 unspecified atom stereocenters. The van der Waals surface area contributed by atoms with E-state index in [9.17, 15) is 0 Å². The third kappa shape index (κ3) is 4.84. The Balaban J connectivity index is 1.41. The molecule has 2 fully saturated rings. The van der Waals surface area contributed by atoms with E-state index in [1.54, 1.807) is 0 Å². The molecule has 1 aliphatic heterocycles. The molecule has 0 amide bonds. The maximum absolute atomic E-state index is 6.05. The molecule has 0 aromatic heterocycles. The third-order valence-corrected chi connectivity index (χ3v) is 5.76. The predicted molar refractivity (Wildman–Crippen MR) is 99.4 cm³/mol. The number of hydrogen-bond donors (Lipinski definition) is 0. The van der Waals surface area contributed by atoms with Gasteiger partial charge in [0.25, 0.3) is 0 Å². The Bertz CT molecular complexity index is 497. The van der Waals surface area contributed by atoms with Gasteiger partial charge in [-0.05, 0) is 68.6 Å². The molecule has 132 valence electrons. The van der Waals surface area contributed by atoms with Crippen molar-refractivity contribution in [2.75, 3.05) is 13.2 Å². The molecule has 2 nitrogen and oxygen atoms in total. The van der Waals surface area contributed by atoms with Gasteiger partial charge in [-0.1, -0.05) is 29.8 Å². The van der Waals surface area contributed by atoms with Crippen molar-refractivity contribution >= 4 is 11.6 Å². The van der Waals surface area contributed by atoms with Crippen LogP contribution in [0.2, 0.25) is 5.02 Å². The van der Waals surface area contributed by atoms with Crippen LogP contribution in [0.3, 0.4) is 0 Å². The van der Waals surface area contributed by atoms with Crippen LogP contribution in [-0.4, -0.2) is 19.5 Å². The Kier molecular flexibility index (Phi) is 6.76. The molecule has 0 bridgehead atoms. The van der Waals surface area contributed by atoms with Crippen LogP contribution in [0.5, 0.6) is 0 Å². The number of ether oxygens (including phenoxy) is 2. The number of hydrogen-bond acceptors (Lipinski definition) is 2. The minimum Gasteiger partial charge on any atom is -0.352 e. The molecule has 0 N–H and O–H groups in total. The Morgan fingerprint density at radius 2 is 1.71 bits per heavy atom. The van der Waals surface area contributed by atoms with E-state index >= 15 is 0 Å². The molecule has 2 aliphatic rings. The second-order valence-electron chi connectivity index (χ2n) is 7.28. The average molecular weight is 349 g/mol. The summed E-state index contributed by atoms with van der Waals surface area (Å²) in [6, 6.07) is 8.36. The molecule has 3 rings (SSSR count). The summed E-state index contributed by atoms with van der Waals surface area (Å²) in [5.41, 5.74) is 1.42. The molecule has 0 spiro atoms. The molecule has 3 heteroatoms. The van der Waals surface area contributed by atoms with Crippen molar-refractivity contribution in [3.63, 3.8) is 0 Å². The molecule has 1 aromatic rings. The molecule has 1 saturated heterocycles. The predicted octanol–water partition coefficient (Wildman–Crippen LogP) is 5.96. The molecule has 0 atom stereocenters. The van der Waals surface area contributed by atoms with Crippen molar-refractivity contribution in [3.8, 4) is 0 Å². The van der Waals surface area contributed by atoms with Crippen LogP contribution in [0.1, 0.15) is 56.4 Å². The minimum absolute atomic E-state index is 0.0202. The van der Waals surface area contributed by atoms with Crippen molar-refractivity contribution in [2.45, 2.75) is 57.2 Å². The monoisotopic (exact) mass is 348 g/mol. The van der Waals surface area contributed by atoms with Crippen LogP contribution in [-0.2, 0) is 9.47 Å². The molecule has 1 aromatic carbocycles. The zero-order valence-electron chi connectivity index (χ0n) is 14.5. The molecule has 1 heterocycles. The minimum atomic E-state index is 0.0202. The molecule has 1 aliphatic carbocycles. The fourth-order valence-corrected chi connectivity index (χ4v) is 4.13. The van der Waals surface area contributed by atoms with Crippen LogP contribution in [0.25, 0.3) is 0 Å². The van der Waals surface area contributed by atoms with Gasteiger partial charge in [0.15, 0.2) is 6.29 Å². The van der Waals surface area contributed by atoms with Gasteiger partial charge in [-0.25, -0.2) is 0 Å². The highest BCUT2D eigenvalue weighted by Crippen LogP contribution is 2.39. The van der Waals surface area contributed by atoms with Crippen LogP contribution < -0.4 is 0 Å². The largest absolute Gasteiger partial charge is 0.352 e. The standard InChI is InChI=1S/C21H29ClO2/c1-2-3-4-5-16-14-23-21(24-15-16)19-8-6-17(7-9-19)18-10-12-20(22)13-11-18/h2,10-13,16-17,19,21H,1,3-9,14-15H2. The molecular weight excluding hydrogens is 320 g/mol. The summed E-state index contributed by atoms with van der Waals surface area (Å²) in [7, 11) is 0. The lowest BCUT2D eigenvalue weighted by atomic mass is 9.78. The maximum atomic E-state index is 6.05. The first-order valence-corrected chi connectivity index (χ1v) is 9.73. The Morgan fingerprint density at radius 3 is 2.33 bits per heavy atom. The van der Waals surface area contributed by atoms with Gasteiger partial charge in [0.1, 0.15) is 0 Å². The van der Waals surface area contributed by atoms with Crippen LogP contribution in [0.15, 0.2) is 36.9 Å². The van der Waals surface area contributed by atoms with Gasteiger partial charge in [0.2, 0.25) is 0 Å². The highest BCUT2D eigenvalue weighted by molar-refractivity contribution is 6.30. The number of rotatable bonds is 6. The second kappa shape index (κ2) is 9.03. The van der Waals surface area contributed by atoms with E-state index in [0.29, 0.717) is 17.8 Å². The van der Waals surface area contributed by atoms with Gasteiger partial charge in [-0.3, -0.25) is 0 Å².